The normalized spacial score (nSPS) is 13.6. The van der Waals surface area contributed by atoms with Crippen LogP contribution in [0.4, 0.5) is 0 Å². The molecule has 0 bridgehead atoms. The van der Waals surface area contributed by atoms with Crippen molar-refractivity contribution in [2.75, 3.05) is 0 Å². The van der Waals surface area contributed by atoms with Crippen molar-refractivity contribution in [2.45, 2.75) is 51.3 Å². The van der Waals surface area contributed by atoms with E-state index in [0.29, 0.717) is 16.7 Å². The van der Waals surface area contributed by atoms with Crippen LogP contribution in [0, 0.1) is 0 Å². The Labute approximate surface area is 102 Å². The van der Waals surface area contributed by atoms with E-state index in [0.717, 1.165) is 0 Å². The highest BCUT2D eigenvalue weighted by atomic mass is 79.9. The molecular formula is C14H21Br. The molecule has 0 saturated heterocycles. The molecule has 0 aliphatic carbocycles. The lowest BCUT2D eigenvalue weighted by Crippen LogP contribution is -1.99. The molecule has 0 N–H and O–H groups in total. The molecular weight excluding hydrogens is 248 g/mol. The molecule has 0 heterocycles. The zero-order valence-electron chi connectivity index (χ0n) is 10.3. The van der Waals surface area contributed by atoms with Crippen LogP contribution < -0.4 is 0 Å². The molecule has 1 rings (SSSR count). The van der Waals surface area contributed by atoms with Gasteiger partial charge in [0.2, 0.25) is 0 Å². The van der Waals surface area contributed by atoms with Crippen molar-refractivity contribution in [2.24, 2.45) is 0 Å². The fraction of sp³-hybridized carbons (Fsp3) is 0.571. The Morgan fingerprint density at radius 3 is 1.87 bits per heavy atom. The van der Waals surface area contributed by atoms with Gasteiger partial charge in [0.25, 0.3) is 0 Å². The van der Waals surface area contributed by atoms with Gasteiger partial charge >= 0.3 is 0 Å². The van der Waals surface area contributed by atoms with Gasteiger partial charge in [0, 0.05) is 4.83 Å². The second-order valence-corrected chi connectivity index (χ2v) is 6.19. The maximum atomic E-state index is 3.68. The van der Waals surface area contributed by atoms with Gasteiger partial charge in [0.1, 0.15) is 0 Å². The Bertz CT molecular complexity index is 324. The predicted octanol–water partition coefficient (Wildman–Crippen LogP) is 5.39. The monoisotopic (exact) mass is 268 g/mol. The van der Waals surface area contributed by atoms with Crippen molar-refractivity contribution in [3.05, 3.63) is 34.9 Å². The van der Waals surface area contributed by atoms with Crippen molar-refractivity contribution in [1.82, 2.24) is 0 Å². The molecule has 0 amide bonds. The molecule has 84 valence electrons. The second-order valence-electron chi connectivity index (χ2n) is 4.81. The molecule has 1 aromatic carbocycles. The predicted molar refractivity (Wildman–Crippen MR) is 72.0 cm³/mol. The summed E-state index contributed by atoms with van der Waals surface area (Å²) in [5.41, 5.74) is 4.33. The van der Waals surface area contributed by atoms with E-state index in [4.69, 9.17) is 0 Å². The summed E-state index contributed by atoms with van der Waals surface area (Å²) in [5.74, 6) is 1.21. The molecule has 0 radical (unpaired) electrons. The van der Waals surface area contributed by atoms with Crippen LogP contribution in [0.1, 0.15) is 68.0 Å². The van der Waals surface area contributed by atoms with Crippen LogP contribution >= 0.6 is 15.9 Å². The van der Waals surface area contributed by atoms with Gasteiger partial charge in [-0.1, -0.05) is 61.8 Å². The fourth-order valence-electron chi connectivity index (χ4n) is 1.82. The minimum Gasteiger partial charge on any atom is -0.0842 e. The third kappa shape index (κ3) is 3.07. The van der Waals surface area contributed by atoms with Crippen LogP contribution in [0.2, 0.25) is 0 Å². The number of halogens is 1. The topological polar surface area (TPSA) is 0 Å². The van der Waals surface area contributed by atoms with Crippen LogP contribution in [0.25, 0.3) is 0 Å². The van der Waals surface area contributed by atoms with Crippen LogP contribution in [0.5, 0.6) is 0 Å². The van der Waals surface area contributed by atoms with Crippen molar-refractivity contribution in [1.29, 1.82) is 0 Å². The first kappa shape index (κ1) is 12.8. The summed E-state index contributed by atoms with van der Waals surface area (Å²) in [6, 6.07) is 6.89. The van der Waals surface area contributed by atoms with E-state index in [1.54, 1.807) is 0 Å². The smallest absolute Gasteiger partial charge is 0.0370 e. The van der Waals surface area contributed by atoms with E-state index in [2.05, 4.69) is 68.7 Å². The molecule has 0 nitrogen and oxygen atoms in total. The summed E-state index contributed by atoms with van der Waals surface area (Å²) in [5, 5.41) is 0. The van der Waals surface area contributed by atoms with E-state index in [9.17, 15) is 0 Å². The molecule has 1 heteroatoms. The first-order valence-electron chi connectivity index (χ1n) is 5.71. The van der Waals surface area contributed by atoms with Gasteiger partial charge in [-0.05, 0) is 35.4 Å². The summed E-state index contributed by atoms with van der Waals surface area (Å²) < 4.78 is 0. The summed E-state index contributed by atoms with van der Waals surface area (Å²) in [7, 11) is 0. The van der Waals surface area contributed by atoms with Crippen molar-refractivity contribution >= 4 is 15.9 Å². The van der Waals surface area contributed by atoms with Gasteiger partial charge in [0.15, 0.2) is 0 Å². The summed E-state index contributed by atoms with van der Waals surface area (Å²) in [4.78, 5) is 0.439. The Kier molecular flexibility index (Phi) is 4.39. The molecule has 0 saturated carbocycles. The largest absolute Gasteiger partial charge is 0.0842 e. The molecule has 15 heavy (non-hydrogen) atoms. The quantitative estimate of drug-likeness (QED) is 0.645. The van der Waals surface area contributed by atoms with E-state index in [1.165, 1.54) is 16.7 Å². The van der Waals surface area contributed by atoms with Gasteiger partial charge in [-0.15, -0.1) is 0 Å². The summed E-state index contributed by atoms with van der Waals surface area (Å²) in [6.45, 7) is 11.2. The molecule has 0 spiro atoms. The fourth-order valence-corrected chi connectivity index (χ4v) is 2.22. The SMILES string of the molecule is CC(C)c1ccc(C(C)C)c(C(C)Br)c1. The van der Waals surface area contributed by atoms with Crippen molar-refractivity contribution < 1.29 is 0 Å². The van der Waals surface area contributed by atoms with Gasteiger partial charge in [-0.3, -0.25) is 0 Å². The lowest BCUT2D eigenvalue weighted by Gasteiger charge is -2.17. The minimum atomic E-state index is 0.439. The molecule has 1 atom stereocenters. The van der Waals surface area contributed by atoms with Gasteiger partial charge < -0.3 is 0 Å². The standard InChI is InChI=1S/C14H21Br/c1-9(2)12-6-7-13(10(3)4)14(8-12)11(5)15/h6-11H,1-5H3. The highest BCUT2D eigenvalue weighted by Gasteiger charge is 2.12. The Hall–Kier alpha value is -0.300. The van der Waals surface area contributed by atoms with Crippen LogP contribution in [0.3, 0.4) is 0 Å². The van der Waals surface area contributed by atoms with Crippen molar-refractivity contribution in [3.8, 4) is 0 Å². The van der Waals surface area contributed by atoms with E-state index in [-0.39, 0.29) is 0 Å². The first-order chi connectivity index (χ1) is 6.93. The Morgan fingerprint density at radius 1 is 0.867 bits per heavy atom. The van der Waals surface area contributed by atoms with Crippen LogP contribution in [0.15, 0.2) is 18.2 Å². The highest BCUT2D eigenvalue weighted by Crippen LogP contribution is 2.32. The van der Waals surface area contributed by atoms with Gasteiger partial charge in [0.05, 0.1) is 0 Å². The number of alkyl halides is 1. The molecule has 0 aliphatic rings. The number of benzene rings is 1. The molecule has 0 aromatic heterocycles. The number of hydrogen-bond acceptors (Lipinski definition) is 0. The maximum Gasteiger partial charge on any atom is 0.0370 e. The average molecular weight is 269 g/mol. The zero-order valence-corrected chi connectivity index (χ0v) is 11.9. The number of hydrogen-bond donors (Lipinski definition) is 0. The third-order valence-electron chi connectivity index (χ3n) is 2.83. The number of rotatable bonds is 3. The molecule has 1 aromatic rings. The van der Waals surface area contributed by atoms with E-state index < -0.39 is 0 Å². The summed E-state index contributed by atoms with van der Waals surface area (Å²) in [6.07, 6.45) is 0. The molecule has 0 aliphatic heterocycles. The molecule has 1 unspecified atom stereocenters. The minimum absolute atomic E-state index is 0.439. The molecule has 0 fully saturated rings. The first-order valence-corrected chi connectivity index (χ1v) is 6.62. The van der Waals surface area contributed by atoms with Crippen LogP contribution in [-0.4, -0.2) is 0 Å². The average Bonchev–Trinajstić information content (AvgIpc) is 2.16. The van der Waals surface area contributed by atoms with Gasteiger partial charge in [-0.2, -0.15) is 0 Å². The Balaban J connectivity index is 3.21. The maximum absolute atomic E-state index is 3.68. The summed E-state index contributed by atoms with van der Waals surface area (Å²) >= 11 is 3.68. The van der Waals surface area contributed by atoms with Gasteiger partial charge in [-0.25, -0.2) is 0 Å². The second kappa shape index (κ2) is 5.16. The highest BCUT2D eigenvalue weighted by molar-refractivity contribution is 9.09. The van der Waals surface area contributed by atoms with E-state index in [1.807, 2.05) is 0 Å². The van der Waals surface area contributed by atoms with Crippen molar-refractivity contribution in [3.63, 3.8) is 0 Å². The lowest BCUT2D eigenvalue weighted by atomic mass is 9.91. The Morgan fingerprint density at radius 2 is 1.47 bits per heavy atom. The lowest BCUT2D eigenvalue weighted by molar-refractivity contribution is 0.823. The third-order valence-corrected chi connectivity index (χ3v) is 3.32. The zero-order chi connectivity index (χ0) is 11.6. The van der Waals surface area contributed by atoms with Crippen LogP contribution in [-0.2, 0) is 0 Å². The van der Waals surface area contributed by atoms with E-state index >= 15 is 0 Å².